The summed E-state index contributed by atoms with van der Waals surface area (Å²) in [5.74, 6) is -0.232. The molecule has 1 aliphatic rings. The van der Waals surface area contributed by atoms with Crippen LogP contribution in [0.5, 0.6) is 0 Å². The zero-order valence-electron chi connectivity index (χ0n) is 15.8. The highest BCUT2D eigenvalue weighted by molar-refractivity contribution is 5.91. The van der Waals surface area contributed by atoms with E-state index in [1.807, 2.05) is 0 Å². The van der Waals surface area contributed by atoms with Gasteiger partial charge in [-0.2, -0.15) is 0 Å². The Hall–Kier alpha value is -2.29. The molecule has 1 fully saturated rings. The monoisotopic (exact) mass is 381 g/mol. The van der Waals surface area contributed by atoms with Crippen molar-refractivity contribution in [3.8, 4) is 0 Å². The van der Waals surface area contributed by atoms with Crippen LogP contribution in [0.3, 0.4) is 0 Å². The molecule has 2 atom stereocenters. The zero-order chi connectivity index (χ0) is 20.0. The van der Waals surface area contributed by atoms with Gasteiger partial charge in [0.05, 0.1) is 25.0 Å². The van der Waals surface area contributed by atoms with Crippen LogP contribution in [0.4, 0.5) is 4.39 Å². The molecule has 0 aromatic carbocycles. The summed E-state index contributed by atoms with van der Waals surface area (Å²) in [4.78, 5) is 43.0. The minimum atomic E-state index is -1.08. The Kier molecular flexibility index (Phi) is 7.46. The van der Waals surface area contributed by atoms with Crippen LogP contribution in [0.2, 0.25) is 0 Å². The van der Waals surface area contributed by atoms with Crippen LogP contribution in [0, 0.1) is 11.8 Å². The van der Waals surface area contributed by atoms with Crippen LogP contribution in [0.1, 0.15) is 43.1 Å². The van der Waals surface area contributed by atoms with E-state index in [2.05, 4.69) is 15.3 Å². The first-order valence-electron chi connectivity index (χ1n) is 9.25. The molecule has 2 amide bonds. The van der Waals surface area contributed by atoms with Gasteiger partial charge in [-0.3, -0.25) is 19.4 Å². The van der Waals surface area contributed by atoms with Crippen molar-refractivity contribution in [1.82, 2.24) is 20.2 Å². The molecule has 1 heterocycles. The standard InChI is InChI=1S/C18H28FN5O3/c1-11(19)10-24(2)18(27)16(20)13-5-3-12(4-6-13)7-22-17(26)14-8-21-9-15(25)23-14/h8-9,11-13,16H,3-7,10,20H2,1-2H3,(H,22,26)(H,23,25)/t11-,12?,13?,16?/m1/s1. The molecule has 1 saturated carbocycles. The fourth-order valence-electron chi connectivity index (χ4n) is 3.50. The van der Waals surface area contributed by atoms with Crippen LogP contribution in [0.25, 0.3) is 0 Å². The number of hydrogen-bond acceptors (Lipinski definition) is 5. The van der Waals surface area contributed by atoms with Gasteiger partial charge >= 0.3 is 0 Å². The molecule has 2 rings (SSSR count). The lowest BCUT2D eigenvalue weighted by Gasteiger charge is -2.33. The molecule has 1 aromatic rings. The van der Waals surface area contributed by atoms with E-state index in [-0.39, 0.29) is 30.0 Å². The maximum atomic E-state index is 13.1. The molecule has 27 heavy (non-hydrogen) atoms. The number of nitrogens with one attached hydrogen (secondary N) is 2. The smallest absolute Gasteiger partial charge is 0.269 e. The van der Waals surface area contributed by atoms with Crippen molar-refractivity contribution in [2.75, 3.05) is 20.1 Å². The highest BCUT2D eigenvalue weighted by Gasteiger charge is 2.31. The van der Waals surface area contributed by atoms with E-state index in [1.165, 1.54) is 18.0 Å². The van der Waals surface area contributed by atoms with Gasteiger partial charge in [0, 0.05) is 13.6 Å². The molecule has 4 N–H and O–H groups in total. The Morgan fingerprint density at radius 1 is 1.37 bits per heavy atom. The summed E-state index contributed by atoms with van der Waals surface area (Å²) >= 11 is 0. The largest absolute Gasteiger partial charge is 0.350 e. The molecule has 150 valence electrons. The van der Waals surface area contributed by atoms with Gasteiger partial charge in [0.25, 0.3) is 11.5 Å². The molecule has 0 spiro atoms. The number of amides is 2. The van der Waals surface area contributed by atoms with Gasteiger partial charge in [0.1, 0.15) is 11.9 Å². The average molecular weight is 381 g/mol. The first kappa shape index (κ1) is 21.0. The number of alkyl halides is 1. The molecule has 1 unspecified atom stereocenters. The number of likely N-dealkylation sites (N-methyl/N-ethyl adjacent to an activating group) is 1. The number of halogens is 1. The van der Waals surface area contributed by atoms with E-state index >= 15 is 0 Å². The number of carbonyl (C=O) groups excluding carboxylic acids is 2. The van der Waals surface area contributed by atoms with Gasteiger partial charge in [0.2, 0.25) is 5.91 Å². The van der Waals surface area contributed by atoms with E-state index in [4.69, 9.17) is 5.73 Å². The van der Waals surface area contributed by atoms with Gasteiger partial charge in [-0.1, -0.05) is 0 Å². The second kappa shape index (κ2) is 9.59. The number of nitrogens with two attached hydrogens (primary N) is 1. The number of aromatic amines is 1. The molecule has 0 saturated heterocycles. The van der Waals surface area contributed by atoms with E-state index in [9.17, 15) is 18.8 Å². The summed E-state index contributed by atoms with van der Waals surface area (Å²) in [6, 6.07) is -0.621. The van der Waals surface area contributed by atoms with Gasteiger partial charge in [0.15, 0.2) is 0 Å². The van der Waals surface area contributed by atoms with Crippen molar-refractivity contribution >= 4 is 11.8 Å². The van der Waals surface area contributed by atoms with Crippen molar-refractivity contribution in [3.05, 3.63) is 28.4 Å². The summed E-state index contributed by atoms with van der Waals surface area (Å²) in [7, 11) is 1.57. The molecule has 8 nitrogen and oxygen atoms in total. The Bertz CT molecular complexity index is 700. The summed E-state index contributed by atoms with van der Waals surface area (Å²) in [5, 5.41) is 2.81. The highest BCUT2D eigenvalue weighted by atomic mass is 19.1. The molecular weight excluding hydrogens is 353 g/mol. The van der Waals surface area contributed by atoms with Crippen molar-refractivity contribution in [2.45, 2.75) is 44.8 Å². The zero-order valence-corrected chi connectivity index (χ0v) is 15.8. The van der Waals surface area contributed by atoms with E-state index in [0.717, 1.165) is 31.9 Å². The van der Waals surface area contributed by atoms with Crippen molar-refractivity contribution < 1.29 is 14.0 Å². The minimum absolute atomic E-state index is 0.0460. The maximum Gasteiger partial charge on any atom is 0.269 e. The lowest BCUT2D eigenvalue weighted by molar-refractivity contribution is -0.133. The van der Waals surface area contributed by atoms with Gasteiger partial charge < -0.3 is 20.9 Å². The summed E-state index contributed by atoms with van der Waals surface area (Å²) in [6.07, 6.45) is 4.60. The van der Waals surface area contributed by atoms with E-state index in [0.29, 0.717) is 12.5 Å². The molecule has 0 radical (unpaired) electrons. The Labute approximate surface area is 157 Å². The molecular formula is C18H28FN5O3. The highest BCUT2D eigenvalue weighted by Crippen LogP contribution is 2.30. The number of nitrogens with zero attached hydrogens (tertiary/aromatic N) is 2. The quantitative estimate of drug-likeness (QED) is 0.633. The third-order valence-corrected chi connectivity index (χ3v) is 5.04. The number of H-pyrrole nitrogens is 1. The first-order valence-corrected chi connectivity index (χ1v) is 9.25. The number of rotatable bonds is 7. The molecule has 1 aromatic heterocycles. The fourth-order valence-corrected chi connectivity index (χ4v) is 3.50. The number of hydrogen-bond donors (Lipinski definition) is 3. The van der Waals surface area contributed by atoms with E-state index in [1.54, 1.807) is 7.05 Å². The molecule has 0 aliphatic heterocycles. The summed E-state index contributed by atoms with van der Waals surface area (Å²) in [6.45, 7) is 1.95. The SMILES string of the molecule is C[C@@H](F)CN(C)C(=O)C(N)C1CCC(CNC(=O)c2cncc(=O)[nH]2)CC1. The topological polar surface area (TPSA) is 121 Å². The Morgan fingerprint density at radius 2 is 2.04 bits per heavy atom. The average Bonchev–Trinajstić information content (AvgIpc) is 2.64. The third kappa shape index (κ3) is 6.13. The van der Waals surface area contributed by atoms with Crippen LogP contribution in [-0.2, 0) is 4.79 Å². The molecule has 0 bridgehead atoms. The maximum absolute atomic E-state index is 13.1. The first-order chi connectivity index (χ1) is 12.8. The Morgan fingerprint density at radius 3 is 2.63 bits per heavy atom. The molecule has 1 aliphatic carbocycles. The lowest BCUT2D eigenvalue weighted by atomic mass is 9.78. The number of aromatic nitrogens is 2. The second-order valence-electron chi connectivity index (χ2n) is 7.33. The van der Waals surface area contributed by atoms with E-state index < -0.39 is 17.8 Å². The lowest BCUT2D eigenvalue weighted by Crippen LogP contribution is -2.48. The predicted octanol–water partition coefficient (Wildman–Crippen LogP) is 0.450. The van der Waals surface area contributed by atoms with Crippen LogP contribution in [0.15, 0.2) is 17.2 Å². The second-order valence-corrected chi connectivity index (χ2v) is 7.33. The van der Waals surface area contributed by atoms with Crippen LogP contribution >= 0.6 is 0 Å². The normalized spacial score (nSPS) is 21.9. The summed E-state index contributed by atoms with van der Waals surface area (Å²) in [5.41, 5.74) is 5.81. The predicted molar refractivity (Wildman–Crippen MR) is 98.8 cm³/mol. The fraction of sp³-hybridized carbons (Fsp3) is 0.667. The number of carbonyl (C=O) groups is 2. The van der Waals surface area contributed by atoms with Gasteiger partial charge in [-0.05, 0) is 44.4 Å². The van der Waals surface area contributed by atoms with Gasteiger partial charge in [-0.25, -0.2) is 4.39 Å². The van der Waals surface area contributed by atoms with Gasteiger partial charge in [-0.15, -0.1) is 0 Å². The Balaban J connectivity index is 1.77. The van der Waals surface area contributed by atoms with Crippen LogP contribution < -0.4 is 16.6 Å². The van der Waals surface area contributed by atoms with Crippen LogP contribution in [-0.4, -0.2) is 59.0 Å². The third-order valence-electron chi connectivity index (χ3n) is 5.04. The van der Waals surface area contributed by atoms with Crippen molar-refractivity contribution in [1.29, 1.82) is 0 Å². The summed E-state index contributed by atoms with van der Waals surface area (Å²) < 4.78 is 13.1. The molecule has 9 heteroatoms. The van der Waals surface area contributed by atoms with Crippen molar-refractivity contribution in [2.24, 2.45) is 17.6 Å². The minimum Gasteiger partial charge on any atom is -0.350 e. The van der Waals surface area contributed by atoms with Crippen molar-refractivity contribution in [3.63, 3.8) is 0 Å².